The van der Waals surface area contributed by atoms with E-state index in [0.29, 0.717) is 26.4 Å². The van der Waals surface area contributed by atoms with Crippen molar-refractivity contribution in [1.82, 2.24) is 0 Å². The van der Waals surface area contributed by atoms with Crippen LogP contribution in [0.1, 0.15) is 45.8 Å². The normalized spacial score (nSPS) is 28.4. The molecule has 0 bridgehead atoms. The summed E-state index contributed by atoms with van der Waals surface area (Å²) in [5, 5.41) is 9.48. The first-order valence-corrected chi connectivity index (χ1v) is 20.0. The van der Waals surface area contributed by atoms with Crippen molar-refractivity contribution in [3.05, 3.63) is 127 Å². The van der Waals surface area contributed by atoms with Crippen LogP contribution in [0.2, 0.25) is 0 Å². The SMILES string of the molecule is C=CCO[C@H]1O[C@H](CO)[C@@H](C)[C@H](C)[C@H]1OCc1ccccc1.C=CCO[C@H]1O[C@H](COS(=O)(=O)c2ccc(C)cc2)[C@@H](C)[C@H](C)[C@H]1OCc1ccccc1.[2HH]. The first-order chi connectivity index (χ1) is 26.0. The molecule has 2 saturated heterocycles. The van der Waals surface area contributed by atoms with E-state index >= 15 is 0 Å². The fourth-order valence-corrected chi connectivity index (χ4v) is 7.36. The molecule has 0 radical (unpaired) electrons. The van der Waals surface area contributed by atoms with Gasteiger partial charge in [-0.05, 0) is 53.9 Å². The molecule has 10 atom stereocenters. The van der Waals surface area contributed by atoms with Crippen molar-refractivity contribution >= 4 is 10.1 Å². The lowest BCUT2D eigenvalue weighted by molar-refractivity contribution is -0.284. The summed E-state index contributed by atoms with van der Waals surface area (Å²) in [6, 6.07) is 26.5. The Morgan fingerprint density at radius 3 is 1.56 bits per heavy atom. The van der Waals surface area contributed by atoms with Crippen LogP contribution in [0.3, 0.4) is 0 Å². The van der Waals surface area contributed by atoms with E-state index < -0.39 is 28.8 Å². The van der Waals surface area contributed by atoms with E-state index in [-0.39, 0.29) is 61.5 Å². The molecule has 2 aliphatic rings. The highest BCUT2D eigenvalue weighted by molar-refractivity contribution is 7.86. The van der Waals surface area contributed by atoms with Crippen molar-refractivity contribution in [2.75, 3.05) is 26.4 Å². The molecule has 1 N–H and O–H groups in total. The third-order valence-electron chi connectivity index (χ3n) is 10.2. The van der Waals surface area contributed by atoms with E-state index in [1.54, 1.807) is 36.4 Å². The fourth-order valence-electron chi connectivity index (χ4n) is 6.44. The van der Waals surface area contributed by atoms with Gasteiger partial charge in [0.25, 0.3) is 10.1 Å². The molecule has 3 aromatic carbocycles. The molecule has 298 valence electrons. The highest BCUT2D eigenvalue weighted by Gasteiger charge is 2.44. The summed E-state index contributed by atoms with van der Waals surface area (Å²) in [7, 11) is -3.88. The van der Waals surface area contributed by atoms with Gasteiger partial charge in [-0.3, -0.25) is 4.18 Å². The number of aryl methyl sites for hydroxylation is 1. The van der Waals surface area contributed by atoms with Gasteiger partial charge >= 0.3 is 0 Å². The Morgan fingerprint density at radius 1 is 0.667 bits per heavy atom. The van der Waals surface area contributed by atoms with Crippen LogP contribution < -0.4 is 0 Å². The molecular formula is C43H60O10S. The second kappa shape index (κ2) is 21.8. The van der Waals surface area contributed by atoms with Gasteiger partial charge in [-0.1, -0.05) is 118 Å². The summed E-state index contributed by atoms with van der Waals surface area (Å²) in [5.74, 6) is 0.476. The number of rotatable bonds is 17. The Morgan fingerprint density at radius 2 is 1.11 bits per heavy atom. The van der Waals surface area contributed by atoms with E-state index in [0.717, 1.165) is 16.7 Å². The molecule has 2 heterocycles. The van der Waals surface area contributed by atoms with Crippen LogP contribution in [0.25, 0.3) is 0 Å². The minimum Gasteiger partial charge on any atom is -0.394 e. The maximum absolute atomic E-state index is 12.6. The number of aliphatic hydroxyl groups is 1. The summed E-state index contributed by atoms with van der Waals surface area (Å²) in [5.41, 5.74) is 3.16. The monoisotopic (exact) mass is 769 g/mol. The van der Waals surface area contributed by atoms with Crippen LogP contribution in [0, 0.1) is 30.6 Å². The Hall–Kier alpha value is -3.23. The third-order valence-corrected chi connectivity index (χ3v) is 11.5. The third kappa shape index (κ3) is 12.4. The zero-order valence-electron chi connectivity index (χ0n) is 32.2. The van der Waals surface area contributed by atoms with Crippen LogP contribution in [-0.2, 0) is 55.9 Å². The Balaban J connectivity index is 0.000000310. The predicted octanol–water partition coefficient (Wildman–Crippen LogP) is 7.50. The molecule has 11 heteroatoms. The standard InChI is InChI=1S/C25H32O6S.C18H26O4.H2/c1-5-15-28-25-24(29-16-21-9-7-6-8-10-21)20(4)19(3)23(31-25)17-30-32(26,27)22-13-11-18(2)12-14-22;1-4-10-20-18-17(14(3)13(2)16(11-19)22-18)21-12-15-8-6-5-7-9-15;/h5-14,19-20,23-25H,1,15-17H2,2-4H3;4-9,13-14,16-19H,1,10-12H2,2-3H3;1H/t19-,20-,23+,24+,25-;13-,14-,16+,17+,18-;/m00./s1/i;;1+1. The van der Waals surface area contributed by atoms with Crippen LogP contribution >= 0.6 is 0 Å². The summed E-state index contributed by atoms with van der Waals surface area (Å²) in [6.07, 6.45) is 1.04. The van der Waals surface area contributed by atoms with E-state index in [9.17, 15) is 13.5 Å². The lowest BCUT2D eigenvalue weighted by Crippen LogP contribution is -2.52. The van der Waals surface area contributed by atoms with Gasteiger partial charge in [0.2, 0.25) is 0 Å². The molecule has 0 spiro atoms. The highest BCUT2D eigenvalue weighted by atomic mass is 32.2. The van der Waals surface area contributed by atoms with Crippen molar-refractivity contribution in [3.63, 3.8) is 0 Å². The molecule has 10 nitrogen and oxygen atoms in total. The number of hydrogen-bond acceptors (Lipinski definition) is 10. The molecule has 3 aromatic rings. The Bertz CT molecular complexity index is 1640. The largest absolute Gasteiger partial charge is 0.394 e. The Kier molecular flexibility index (Phi) is 17.5. The smallest absolute Gasteiger partial charge is 0.297 e. The molecule has 0 amide bonds. The topological polar surface area (TPSA) is 119 Å². The molecule has 54 heavy (non-hydrogen) atoms. The molecule has 0 unspecified atom stereocenters. The van der Waals surface area contributed by atoms with Crippen molar-refractivity contribution < 1.29 is 47.6 Å². The summed E-state index contributed by atoms with van der Waals surface area (Å²) in [6.45, 7) is 19.1. The number of benzene rings is 3. The average molecular weight is 770 g/mol. The van der Waals surface area contributed by atoms with Gasteiger partial charge in [-0.25, -0.2) is 0 Å². The van der Waals surface area contributed by atoms with E-state index in [4.69, 9.17) is 32.6 Å². The maximum Gasteiger partial charge on any atom is 0.297 e. The average Bonchev–Trinajstić information content (AvgIpc) is 3.18. The number of hydrogen-bond donors (Lipinski definition) is 1. The van der Waals surface area contributed by atoms with Gasteiger partial charge in [-0.2, -0.15) is 8.42 Å². The van der Waals surface area contributed by atoms with Gasteiger partial charge in [-0.15, -0.1) is 13.2 Å². The van der Waals surface area contributed by atoms with Crippen LogP contribution in [0.5, 0.6) is 0 Å². The van der Waals surface area contributed by atoms with E-state index in [1.165, 1.54) is 0 Å². The van der Waals surface area contributed by atoms with Gasteiger partial charge in [0.1, 0.15) is 12.2 Å². The molecule has 2 aliphatic heterocycles. The van der Waals surface area contributed by atoms with Crippen LogP contribution in [-0.4, -0.2) is 76.9 Å². The quantitative estimate of drug-likeness (QED) is 0.109. The minimum absolute atomic E-state index is 0. The summed E-state index contributed by atoms with van der Waals surface area (Å²) < 4.78 is 66.4. The van der Waals surface area contributed by atoms with E-state index in [2.05, 4.69) is 33.9 Å². The molecule has 0 saturated carbocycles. The van der Waals surface area contributed by atoms with Crippen LogP contribution in [0.4, 0.5) is 0 Å². The van der Waals surface area contributed by atoms with Gasteiger partial charge in [0.05, 0.1) is 56.7 Å². The lowest BCUT2D eigenvalue weighted by atomic mass is 9.83. The molecule has 2 fully saturated rings. The predicted molar refractivity (Wildman–Crippen MR) is 210 cm³/mol. The first-order valence-electron chi connectivity index (χ1n) is 18.6. The first kappa shape index (κ1) is 43.5. The summed E-state index contributed by atoms with van der Waals surface area (Å²) >= 11 is 0. The van der Waals surface area contributed by atoms with Crippen molar-refractivity contribution in [2.45, 2.75) is 89.7 Å². The highest BCUT2D eigenvalue weighted by Crippen LogP contribution is 2.35. The van der Waals surface area contributed by atoms with Gasteiger partial charge < -0.3 is 33.5 Å². The van der Waals surface area contributed by atoms with Gasteiger partial charge in [0.15, 0.2) is 12.6 Å². The second-order valence-corrected chi connectivity index (χ2v) is 15.6. The molecule has 0 aliphatic carbocycles. The van der Waals surface area contributed by atoms with Gasteiger partial charge in [0, 0.05) is 1.43 Å². The Labute approximate surface area is 323 Å². The molecular weight excluding hydrogens is 709 g/mol. The van der Waals surface area contributed by atoms with Crippen molar-refractivity contribution in [1.29, 1.82) is 0 Å². The second-order valence-electron chi connectivity index (χ2n) is 14.0. The van der Waals surface area contributed by atoms with Crippen molar-refractivity contribution in [3.8, 4) is 0 Å². The molecule has 5 rings (SSSR count). The fraction of sp³-hybridized carbons (Fsp3) is 0.488. The number of aliphatic hydroxyl groups excluding tert-OH is 1. The number of ether oxygens (including phenoxy) is 6. The van der Waals surface area contributed by atoms with Crippen molar-refractivity contribution in [2.24, 2.45) is 23.7 Å². The lowest BCUT2D eigenvalue weighted by Gasteiger charge is -2.44. The molecule has 0 aromatic heterocycles. The van der Waals surface area contributed by atoms with E-state index in [1.807, 2.05) is 74.5 Å². The minimum atomic E-state index is -3.88. The zero-order valence-corrected chi connectivity index (χ0v) is 33.0. The van der Waals surface area contributed by atoms with Crippen LogP contribution in [0.15, 0.2) is 115 Å². The summed E-state index contributed by atoms with van der Waals surface area (Å²) in [4.78, 5) is 0.128. The zero-order chi connectivity index (χ0) is 39.1. The maximum atomic E-state index is 12.6.